The van der Waals surface area contributed by atoms with Crippen LogP contribution in [0.2, 0.25) is 0 Å². The van der Waals surface area contributed by atoms with E-state index in [0.29, 0.717) is 5.56 Å². The van der Waals surface area contributed by atoms with Crippen molar-refractivity contribution < 1.29 is 18.3 Å². The summed E-state index contributed by atoms with van der Waals surface area (Å²) in [6.07, 6.45) is -4.29. The van der Waals surface area contributed by atoms with Crippen LogP contribution in [0.1, 0.15) is 5.56 Å². The van der Waals surface area contributed by atoms with Crippen LogP contribution in [0.5, 0.6) is 0 Å². The number of benzene rings is 1. The van der Waals surface area contributed by atoms with Gasteiger partial charge in [-0.3, -0.25) is 4.90 Å². The Morgan fingerprint density at radius 2 is 1.72 bits per heavy atom. The Labute approximate surface area is 104 Å². The quantitative estimate of drug-likeness (QED) is 0.841. The van der Waals surface area contributed by atoms with Gasteiger partial charge in [-0.1, -0.05) is 30.3 Å². The van der Waals surface area contributed by atoms with Crippen LogP contribution in [0.3, 0.4) is 0 Å². The lowest BCUT2D eigenvalue weighted by Gasteiger charge is -2.32. The van der Waals surface area contributed by atoms with Crippen LogP contribution >= 0.6 is 0 Å². The van der Waals surface area contributed by atoms with E-state index in [9.17, 15) is 18.3 Å². The Morgan fingerprint density at radius 3 is 2.17 bits per heavy atom. The van der Waals surface area contributed by atoms with Crippen molar-refractivity contribution in [3.63, 3.8) is 0 Å². The van der Waals surface area contributed by atoms with Crippen molar-refractivity contribution in [1.29, 1.82) is 0 Å². The molecule has 0 saturated carbocycles. The molecule has 18 heavy (non-hydrogen) atoms. The van der Waals surface area contributed by atoms with Crippen molar-refractivity contribution >= 4 is 0 Å². The molecule has 3 N–H and O–H groups in total. The van der Waals surface area contributed by atoms with Crippen molar-refractivity contribution in [1.82, 2.24) is 4.90 Å². The molecule has 0 aliphatic rings. The predicted octanol–water partition coefficient (Wildman–Crippen LogP) is 1.33. The van der Waals surface area contributed by atoms with Gasteiger partial charge in [0, 0.05) is 13.1 Å². The van der Waals surface area contributed by atoms with Crippen LogP contribution in [0.25, 0.3) is 0 Å². The fraction of sp³-hybridized carbons (Fsp3) is 0.500. The maximum atomic E-state index is 12.2. The third-order valence-electron chi connectivity index (χ3n) is 2.63. The van der Waals surface area contributed by atoms with Gasteiger partial charge in [0.2, 0.25) is 0 Å². The Balaban J connectivity index is 2.78. The second-order valence-corrected chi connectivity index (χ2v) is 4.39. The van der Waals surface area contributed by atoms with Crippen molar-refractivity contribution in [2.45, 2.75) is 11.8 Å². The molecule has 0 aliphatic heterocycles. The molecule has 1 rings (SSSR count). The highest BCUT2D eigenvalue weighted by atomic mass is 19.4. The molecule has 0 bridgehead atoms. The average molecular weight is 262 g/mol. The lowest BCUT2D eigenvalue weighted by Crippen LogP contribution is -2.47. The smallest absolute Gasteiger partial charge is 0.382 e. The highest BCUT2D eigenvalue weighted by Crippen LogP contribution is 2.23. The van der Waals surface area contributed by atoms with E-state index in [0.717, 1.165) is 4.90 Å². The summed E-state index contributed by atoms with van der Waals surface area (Å²) in [5.41, 5.74) is 4.54. The maximum Gasteiger partial charge on any atom is 0.401 e. The normalized spacial score (nSPS) is 15.7. The zero-order valence-electron chi connectivity index (χ0n) is 10.1. The molecule has 6 heteroatoms. The first kappa shape index (κ1) is 14.9. The lowest BCUT2D eigenvalue weighted by molar-refractivity contribution is -0.149. The molecule has 1 atom stereocenters. The largest absolute Gasteiger partial charge is 0.401 e. The van der Waals surface area contributed by atoms with Crippen molar-refractivity contribution in [3.05, 3.63) is 35.9 Å². The number of halogens is 3. The van der Waals surface area contributed by atoms with E-state index in [4.69, 9.17) is 5.73 Å². The van der Waals surface area contributed by atoms with Gasteiger partial charge in [-0.2, -0.15) is 13.2 Å². The molecule has 3 nitrogen and oxygen atoms in total. The monoisotopic (exact) mass is 262 g/mol. The number of nitrogens with two attached hydrogens (primary N) is 1. The summed E-state index contributed by atoms with van der Waals surface area (Å²) in [5.74, 6) is 0. The molecule has 1 aromatic carbocycles. The zero-order valence-corrected chi connectivity index (χ0v) is 10.1. The number of hydrogen-bond acceptors (Lipinski definition) is 3. The molecule has 1 aromatic rings. The van der Waals surface area contributed by atoms with Gasteiger partial charge in [0.25, 0.3) is 0 Å². The molecule has 0 aromatic heterocycles. The van der Waals surface area contributed by atoms with Crippen LogP contribution in [0.15, 0.2) is 30.3 Å². The van der Waals surface area contributed by atoms with Gasteiger partial charge in [-0.05, 0) is 12.6 Å². The van der Waals surface area contributed by atoms with E-state index in [1.807, 2.05) is 0 Å². The number of aliphatic hydroxyl groups is 1. The number of rotatable bonds is 5. The van der Waals surface area contributed by atoms with Crippen LogP contribution in [0, 0.1) is 0 Å². The molecule has 0 fully saturated rings. The highest BCUT2D eigenvalue weighted by molar-refractivity contribution is 5.23. The van der Waals surface area contributed by atoms with E-state index >= 15 is 0 Å². The first-order chi connectivity index (χ1) is 8.27. The third-order valence-corrected chi connectivity index (χ3v) is 2.63. The fourth-order valence-electron chi connectivity index (χ4n) is 1.83. The molecule has 0 radical (unpaired) electrons. The van der Waals surface area contributed by atoms with E-state index in [1.54, 1.807) is 30.3 Å². The molecular formula is C12H17F3N2O. The summed E-state index contributed by atoms with van der Waals surface area (Å²) in [4.78, 5) is 1.01. The molecule has 0 spiro atoms. The minimum Gasteiger partial charge on any atom is -0.382 e. The van der Waals surface area contributed by atoms with Gasteiger partial charge in [-0.25, -0.2) is 0 Å². The Hall–Kier alpha value is -1.11. The third kappa shape index (κ3) is 4.29. The second-order valence-electron chi connectivity index (χ2n) is 4.39. The topological polar surface area (TPSA) is 49.5 Å². The molecule has 0 saturated heterocycles. The van der Waals surface area contributed by atoms with Crippen LogP contribution in [-0.4, -0.2) is 42.9 Å². The molecule has 102 valence electrons. The number of nitrogens with zero attached hydrogens (tertiary/aromatic N) is 1. The van der Waals surface area contributed by atoms with Crippen molar-refractivity contribution in [2.75, 3.05) is 26.7 Å². The van der Waals surface area contributed by atoms with E-state index in [-0.39, 0.29) is 13.1 Å². The lowest BCUT2D eigenvalue weighted by atomic mass is 9.93. The summed E-state index contributed by atoms with van der Waals surface area (Å²) >= 11 is 0. The zero-order chi connectivity index (χ0) is 13.8. The highest BCUT2D eigenvalue weighted by Gasteiger charge is 2.34. The number of likely N-dealkylation sites (N-methyl/N-ethyl adjacent to an activating group) is 1. The first-order valence-electron chi connectivity index (χ1n) is 5.50. The van der Waals surface area contributed by atoms with Crippen LogP contribution in [-0.2, 0) is 5.60 Å². The summed E-state index contributed by atoms with van der Waals surface area (Å²) in [6, 6.07) is 8.47. The standard InChI is InChI=1S/C12H17F3N2O/c1-17(9-12(13,14)15)8-11(18,7-16)10-5-3-2-4-6-10/h2-6,18H,7-9,16H2,1H3. The summed E-state index contributed by atoms with van der Waals surface area (Å²) in [6.45, 7) is -1.39. The maximum absolute atomic E-state index is 12.2. The Morgan fingerprint density at radius 1 is 1.17 bits per heavy atom. The minimum atomic E-state index is -4.29. The Bertz CT molecular complexity index is 369. The average Bonchev–Trinajstić information content (AvgIpc) is 2.27. The van der Waals surface area contributed by atoms with Crippen molar-refractivity contribution in [2.24, 2.45) is 5.73 Å². The number of hydrogen-bond donors (Lipinski definition) is 2. The van der Waals surface area contributed by atoms with Crippen LogP contribution < -0.4 is 5.73 Å². The second kappa shape index (κ2) is 5.69. The fourth-order valence-corrected chi connectivity index (χ4v) is 1.83. The molecule has 0 heterocycles. The summed E-state index contributed by atoms with van der Waals surface area (Å²) in [5, 5.41) is 10.3. The number of alkyl halides is 3. The molecule has 0 aliphatic carbocycles. The minimum absolute atomic E-state index is 0.140. The molecular weight excluding hydrogens is 245 g/mol. The van der Waals surface area contributed by atoms with Gasteiger partial charge in [0.1, 0.15) is 5.60 Å². The predicted molar refractivity (Wildman–Crippen MR) is 62.9 cm³/mol. The van der Waals surface area contributed by atoms with Gasteiger partial charge in [0.05, 0.1) is 6.54 Å². The molecule has 1 unspecified atom stereocenters. The SMILES string of the molecule is CN(CC(F)(F)F)CC(O)(CN)c1ccccc1. The van der Waals surface area contributed by atoms with E-state index < -0.39 is 18.3 Å². The Kier molecular flexibility index (Phi) is 4.72. The van der Waals surface area contributed by atoms with Gasteiger partial charge < -0.3 is 10.8 Å². The molecule has 0 amide bonds. The van der Waals surface area contributed by atoms with Gasteiger partial charge in [0.15, 0.2) is 0 Å². The van der Waals surface area contributed by atoms with Crippen molar-refractivity contribution in [3.8, 4) is 0 Å². The van der Waals surface area contributed by atoms with E-state index in [1.165, 1.54) is 7.05 Å². The van der Waals surface area contributed by atoms with E-state index in [2.05, 4.69) is 0 Å². The summed E-state index contributed by atoms with van der Waals surface area (Å²) in [7, 11) is 1.30. The van der Waals surface area contributed by atoms with Gasteiger partial charge in [-0.15, -0.1) is 0 Å². The summed E-state index contributed by atoms with van der Waals surface area (Å²) < 4.78 is 36.7. The van der Waals surface area contributed by atoms with Gasteiger partial charge >= 0.3 is 6.18 Å². The van der Waals surface area contributed by atoms with Crippen LogP contribution in [0.4, 0.5) is 13.2 Å². The first-order valence-corrected chi connectivity index (χ1v) is 5.50.